The summed E-state index contributed by atoms with van der Waals surface area (Å²) in [5.41, 5.74) is 3.84. The van der Waals surface area contributed by atoms with Gasteiger partial charge in [0.15, 0.2) is 6.29 Å². The van der Waals surface area contributed by atoms with E-state index < -0.39 is 41.7 Å². The lowest BCUT2D eigenvalue weighted by Gasteiger charge is -2.61. The first-order valence-corrected chi connectivity index (χ1v) is 25.0. The maximum absolute atomic E-state index is 13.2. The van der Waals surface area contributed by atoms with Gasteiger partial charge in [0.25, 0.3) is 0 Å². The van der Waals surface area contributed by atoms with E-state index >= 15 is 0 Å². The highest BCUT2D eigenvalue weighted by molar-refractivity contribution is 5.74. The largest absolute Gasteiger partial charge is 0.396 e. The van der Waals surface area contributed by atoms with Gasteiger partial charge in [-0.2, -0.15) is 0 Å². The Balaban J connectivity index is 1.38. The third-order valence-electron chi connectivity index (χ3n) is 16.4. The average Bonchev–Trinajstić information content (AvgIpc) is 3.65. The molecule has 2 fully saturated rings. The Morgan fingerprint density at radius 1 is 1.06 bits per heavy atom. The molecule has 1 aromatic rings. The normalized spacial score (nSPS) is 36.6. The molecule has 0 amide bonds. The molecule has 6 rings (SSSR count). The van der Waals surface area contributed by atoms with Gasteiger partial charge in [0, 0.05) is 49.0 Å². The van der Waals surface area contributed by atoms with Crippen molar-refractivity contribution in [1.29, 1.82) is 0 Å². The number of nitrogens with one attached hydrogen (secondary N) is 3. The Kier molecular flexibility index (Phi) is 18.6. The van der Waals surface area contributed by atoms with Gasteiger partial charge in [0.05, 0.1) is 11.7 Å². The molecule has 0 aromatic heterocycles. The van der Waals surface area contributed by atoms with Crippen molar-refractivity contribution in [2.45, 2.75) is 128 Å². The van der Waals surface area contributed by atoms with Crippen LogP contribution in [0.2, 0.25) is 0 Å². The van der Waals surface area contributed by atoms with Crippen molar-refractivity contribution < 1.29 is 39.8 Å². The fourth-order valence-electron chi connectivity index (χ4n) is 12.7. The van der Waals surface area contributed by atoms with Crippen LogP contribution in [-0.2, 0) is 27.1 Å². The molecule has 5 aliphatic rings. The highest BCUT2D eigenvalue weighted by Gasteiger charge is 2.69. The summed E-state index contributed by atoms with van der Waals surface area (Å²) >= 11 is 0. The summed E-state index contributed by atoms with van der Waals surface area (Å²) < 4.78 is 12.0. The van der Waals surface area contributed by atoms with Crippen LogP contribution in [0.25, 0.3) is 0 Å². The predicted octanol–water partition coefficient (Wildman–Crippen LogP) is 6.43. The Bertz CT molecular complexity index is 2030. The first-order chi connectivity index (χ1) is 32.1. The Morgan fingerprint density at radius 2 is 1.81 bits per heavy atom. The van der Waals surface area contributed by atoms with Crippen LogP contribution < -0.4 is 16.0 Å². The van der Waals surface area contributed by atoms with Crippen LogP contribution in [0.3, 0.4) is 0 Å². The van der Waals surface area contributed by atoms with Crippen molar-refractivity contribution in [2.75, 3.05) is 47.5 Å². The summed E-state index contributed by atoms with van der Waals surface area (Å²) in [6.07, 6.45) is 19.7. The van der Waals surface area contributed by atoms with Crippen molar-refractivity contribution in [3.8, 4) is 0 Å². The third-order valence-corrected chi connectivity index (χ3v) is 16.4. The number of methoxy groups -OCH3 is 1. The van der Waals surface area contributed by atoms with Gasteiger partial charge in [0.2, 0.25) is 0 Å². The number of fused-ring (bicyclic) bond motifs is 5. The topological polar surface area (TPSA) is 173 Å². The van der Waals surface area contributed by atoms with Gasteiger partial charge in [-0.05, 0) is 157 Å². The molecule has 67 heavy (non-hydrogen) atoms. The van der Waals surface area contributed by atoms with Crippen LogP contribution in [-0.4, -0.2) is 115 Å². The summed E-state index contributed by atoms with van der Waals surface area (Å²) in [6.45, 7) is 14.4. The monoisotopic (exact) mass is 926 g/mol. The minimum Gasteiger partial charge on any atom is -0.396 e. The van der Waals surface area contributed by atoms with Crippen LogP contribution in [0.1, 0.15) is 90.2 Å². The number of ether oxygens (including phenoxy) is 2. The van der Waals surface area contributed by atoms with E-state index in [1.54, 1.807) is 7.11 Å². The van der Waals surface area contributed by atoms with Crippen molar-refractivity contribution in [3.05, 3.63) is 118 Å². The van der Waals surface area contributed by atoms with Crippen molar-refractivity contribution >= 4 is 6.29 Å². The molecule has 3 aliphatic carbocycles. The lowest BCUT2D eigenvalue weighted by molar-refractivity contribution is -0.195. The van der Waals surface area contributed by atoms with E-state index in [0.29, 0.717) is 57.2 Å². The second-order valence-corrected chi connectivity index (χ2v) is 20.9. The molecular formula is C56H83N3O8. The smallest absolute Gasteiger partial charge is 0.162 e. The number of hydrogen-bond donors (Lipinski definition) is 8. The van der Waals surface area contributed by atoms with Crippen LogP contribution >= 0.6 is 0 Å². The molecule has 2 saturated carbocycles. The molecule has 1 spiro atoms. The SMILES string of the molecule is C=C(C=CC=C(C1C=CC(C(C)C)C(O)O1)C1CCC2(C1O)C1C(=C(C)C=O)C(C=CC1CCO)CC2(O)CCNC)C1CC=C(C)C(O)NC(CCNC)(CCOC)Cc2cccc(c2)C1. The molecule has 0 saturated heterocycles. The molecule has 13 atom stereocenters. The van der Waals surface area contributed by atoms with E-state index in [2.05, 4.69) is 78.9 Å². The summed E-state index contributed by atoms with van der Waals surface area (Å²) in [5.74, 6) is -1.21. The quantitative estimate of drug-likeness (QED) is 0.0353. The van der Waals surface area contributed by atoms with Crippen molar-refractivity contribution in [2.24, 2.45) is 46.8 Å². The van der Waals surface area contributed by atoms with Gasteiger partial charge in [-0.15, -0.1) is 0 Å². The second-order valence-electron chi connectivity index (χ2n) is 20.9. The highest BCUT2D eigenvalue weighted by atomic mass is 16.6. The minimum absolute atomic E-state index is 0.0127. The number of allylic oxidation sites excluding steroid dienone is 9. The molecule has 1 aromatic carbocycles. The number of benzene rings is 1. The molecule has 370 valence electrons. The maximum atomic E-state index is 13.2. The zero-order valence-electron chi connectivity index (χ0n) is 41.4. The van der Waals surface area contributed by atoms with Crippen LogP contribution in [0.5, 0.6) is 0 Å². The number of rotatable bonds is 18. The number of carbonyl (C=O) groups excluding carboxylic acids is 1. The molecule has 11 heteroatoms. The van der Waals surface area contributed by atoms with Crippen LogP contribution in [0, 0.1) is 46.8 Å². The number of aliphatic hydroxyl groups is 5. The summed E-state index contributed by atoms with van der Waals surface area (Å²) in [4.78, 5) is 12.6. The third kappa shape index (κ3) is 11.5. The van der Waals surface area contributed by atoms with Gasteiger partial charge < -0.3 is 45.6 Å². The average molecular weight is 926 g/mol. The number of carbonyl (C=O) groups is 1. The highest BCUT2D eigenvalue weighted by Crippen LogP contribution is 2.67. The first-order valence-electron chi connectivity index (χ1n) is 25.0. The van der Waals surface area contributed by atoms with Gasteiger partial charge in [-0.1, -0.05) is 104 Å². The predicted molar refractivity (Wildman–Crippen MR) is 267 cm³/mol. The minimum atomic E-state index is -1.29. The van der Waals surface area contributed by atoms with Gasteiger partial charge in [-0.25, -0.2) is 0 Å². The Labute approximate surface area is 401 Å². The molecule has 11 nitrogen and oxygen atoms in total. The lowest BCUT2D eigenvalue weighted by atomic mass is 9.45. The fraction of sp³-hybridized carbons (Fsp3) is 0.625. The zero-order chi connectivity index (χ0) is 48.5. The molecule has 2 aliphatic heterocycles. The Hall–Kier alpha value is -3.33. The van der Waals surface area contributed by atoms with E-state index in [1.165, 1.54) is 11.1 Å². The van der Waals surface area contributed by atoms with Crippen molar-refractivity contribution in [1.82, 2.24) is 16.0 Å². The number of aldehydes is 1. The Morgan fingerprint density at radius 3 is 2.49 bits per heavy atom. The molecule has 2 heterocycles. The molecular weight excluding hydrogens is 843 g/mol. The first kappa shape index (κ1) is 53.0. The van der Waals surface area contributed by atoms with Crippen LogP contribution in [0.15, 0.2) is 107 Å². The second kappa shape index (κ2) is 23.5. The number of hydrogen-bond acceptors (Lipinski definition) is 11. The van der Waals surface area contributed by atoms with E-state index in [4.69, 9.17) is 9.47 Å². The molecule has 0 radical (unpaired) electrons. The van der Waals surface area contributed by atoms with E-state index in [0.717, 1.165) is 60.8 Å². The molecule has 4 bridgehead atoms. The zero-order valence-corrected chi connectivity index (χ0v) is 41.4. The van der Waals surface area contributed by atoms with Gasteiger partial charge >= 0.3 is 0 Å². The lowest BCUT2D eigenvalue weighted by Crippen LogP contribution is -2.65. The standard InChI is InChI=1S/C56H83N3O8/c1-36(2)45-19-20-48(67-53(45)64)46(47-21-23-56(51(47)62)50-42(22-29-60)17-18-44(49(50)39(5)35-61)34-55(56,65)25-28-58-7)14-9-11-37(3)43-16-15-38(4)52(63)59-54(24-27-57-6,26-30-66-8)33-41-13-10-12-40(31-41)32-43/h9-15,17-20,31,35-36,42-45,47-48,50-53,57-60,62-65H,3,16,21-30,32-34H2,1-2,4-8H3. The summed E-state index contributed by atoms with van der Waals surface area (Å²) in [6, 6.07) is 8.74. The summed E-state index contributed by atoms with van der Waals surface area (Å²) in [7, 11) is 5.54. The molecule has 8 N–H and O–H groups in total. The molecule has 13 unspecified atom stereocenters. The summed E-state index contributed by atoms with van der Waals surface area (Å²) in [5, 5.41) is 69.9. The van der Waals surface area contributed by atoms with E-state index in [1.807, 2.05) is 58.3 Å². The maximum Gasteiger partial charge on any atom is 0.162 e. The van der Waals surface area contributed by atoms with Gasteiger partial charge in [-0.3, -0.25) is 10.1 Å². The van der Waals surface area contributed by atoms with Gasteiger partial charge in [0.1, 0.15) is 18.6 Å². The number of aliphatic hydroxyl groups excluding tert-OH is 4. The van der Waals surface area contributed by atoms with Crippen LogP contribution in [0.4, 0.5) is 0 Å². The van der Waals surface area contributed by atoms with E-state index in [-0.39, 0.29) is 47.7 Å². The van der Waals surface area contributed by atoms with Crippen molar-refractivity contribution in [3.63, 3.8) is 0 Å². The van der Waals surface area contributed by atoms with E-state index in [9.17, 15) is 30.3 Å². The fourth-order valence-corrected chi connectivity index (χ4v) is 12.7.